The zero-order valence-corrected chi connectivity index (χ0v) is 7.65. The maximum absolute atomic E-state index is 10.8. The van der Waals surface area contributed by atoms with Crippen LogP contribution >= 0.6 is 11.9 Å². The Morgan fingerprint density at radius 2 is 2.00 bits per heavy atom. The van der Waals surface area contributed by atoms with Crippen LogP contribution in [0.4, 0.5) is 5.69 Å². The zero-order valence-electron chi connectivity index (χ0n) is 6.83. The van der Waals surface area contributed by atoms with Gasteiger partial charge in [0.25, 0.3) is 0 Å². The number of benzene rings is 1. The van der Waals surface area contributed by atoms with Crippen LogP contribution in [-0.4, -0.2) is 12.2 Å². The fourth-order valence-electron chi connectivity index (χ4n) is 0.842. The normalized spacial score (nSPS) is 9.50. The average molecular weight is 183 g/mol. The van der Waals surface area contributed by atoms with Gasteiger partial charge < -0.3 is 4.72 Å². The van der Waals surface area contributed by atoms with E-state index in [4.69, 9.17) is 0 Å². The van der Waals surface area contributed by atoms with Crippen LogP contribution in [0.25, 0.3) is 0 Å². The molecule has 64 valence electrons. The number of carbonyl (C=O) groups is 1. The van der Waals surface area contributed by atoms with Gasteiger partial charge in [-0.15, -0.1) is 0 Å². The van der Waals surface area contributed by atoms with Crippen molar-refractivity contribution in [2.45, 2.75) is 0 Å². The third-order valence-corrected chi connectivity index (χ3v) is 1.87. The van der Waals surface area contributed by atoms with E-state index in [1.807, 2.05) is 18.4 Å². The van der Waals surface area contributed by atoms with Crippen molar-refractivity contribution < 1.29 is 10.5 Å². The van der Waals surface area contributed by atoms with E-state index in [2.05, 4.69) is 10.5 Å². The van der Waals surface area contributed by atoms with Crippen molar-refractivity contribution in [1.29, 1.82) is 0 Å². The maximum atomic E-state index is 10.8. The smallest absolute Gasteiger partial charge is 0.330 e. The molecule has 12 heavy (non-hydrogen) atoms. The minimum absolute atomic E-state index is 0.147. The minimum Gasteiger partial charge on any atom is -0.330 e. The Hall–Kier alpha value is -1.00. The van der Waals surface area contributed by atoms with E-state index in [1.54, 1.807) is 12.1 Å². The van der Waals surface area contributed by atoms with Crippen molar-refractivity contribution in [3.63, 3.8) is 0 Å². The van der Waals surface area contributed by atoms with Crippen molar-refractivity contribution in [3.05, 3.63) is 29.8 Å². The quantitative estimate of drug-likeness (QED) is 0.680. The largest absolute Gasteiger partial charge is 0.340 e. The van der Waals surface area contributed by atoms with Crippen molar-refractivity contribution in [2.75, 3.05) is 11.0 Å². The molecule has 0 spiro atoms. The molecule has 0 aromatic heterocycles. The number of hydrogen-bond donors (Lipinski definition) is 2. The molecule has 3 nitrogen and oxygen atoms in total. The molecule has 0 aliphatic carbocycles. The molecule has 0 fully saturated rings. The molecular formula is C8H11N2OS+. The SMILES string of the molecule is CSNc1ccc(C([NH3+])=O)cc1. The van der Waals surface area contributed by atoms with Gasteiger partial charge in [-0.1, -0.05) is 11.9 Å². The Balaban J connectivity index is 2.78. The molecule has 0 saturated heterocycles. The molecule has 0 atom stereocenters. The molecule has 1 rings (SSSR count). The fraction of sp³-hybridized carbons (Fsp3) is 0.125. The summed E-state index contributed by atoms with van der Waals surface area (Å²) in [6.07, 6.45) is 1.94. The van der Waals surface area contributed by atoms with Crippen molar-refractivity contribution >= 4 is 23.5 Å². The van der Waals surface area contributed by atoms with Crippen LogP contribution in [0.1, 0.15) is 10.4 Å². The van der Waals surface area contributed by atoms with Crippen LogP contribution in [0.15, 0.2) is 24.3 Å². The summed E-state index contributed by atoms with van der Waals surface area (Å²) in [5, 5.41) is 0. The molecule has 0 saturated carbocycles. The van der Waals surface area contributed by atoms with Gasteiger partial charge in [0.1, 0.15) is 0 Å². The predicted molar refractivity (Wildman–Crippen MR) is 50.8 cm³/mol. The molecule has 0 heterocycles. The summed E-state index contributed by atoms with van der Waals surface area (Å²) in [7, 11) is 0. The molecule has 0 aliphatic rings. The van der Waals surface area contributed by atoms with Gasteiger partial charge in [0, 0.05) is 11.9 Å². The average Bonchev–Trinajstić information content (AvgIpc) is 2.06. The number of amides is 1. The van der Waals surface area contributed by atoms with E-state index < -0.39 is 0 Å². The van der Waals surface area contributed by atoms with E-state index in [9.17, 15) is 4.79 Å². The molecule has 0 radical (unpaired) electrons. The molecule has 0 bridgehead atoms. The third kappa shape index (κ3) is 2.25. The highest BCUT2D eigenvalue weighted by Crippen LogP contribution is 2.11. The van der Waals surface area contributed by atoms with E-state index in [0.717, 1.165) is 5.69 Å². The maximum Gasteiger partial charge on any atom is 0.340 e. The zero-order chi connectivity index (χ0) is 8.97. The highest BCUT2D eigenvalue weighted by atomic mass is 32.2. The fourth-order valence-corrected chi connectivity index (χ4v) is 1.21. The first-order valence-electron chi connectivity index (χ1n) is 3.49. The molecule has 0 unspecified atom stereocenters. The summed E-state index contributed by atoms with van der Waals surface area (Å²) < 4.78 is 3.06. The van der Waals surface area contributed by atoms with Crippen LogP contribution in [0.3, 0.4) is 0 Å². The topological polar surface area (TPSA) is 56.7 Å². The number of rotatable bonds is 3. The van der Waals surface area contributed by atoms with Gasteiger partial charge in [0.15, 0.2) is 0 Å². The molecule has 1 aromatic carbocycles. The number of carbonyl (C=O) groups excluding carboxylic acids is 1. The summed E-state index contributed by atoms with van der Waals surface area (Å²) in [5.41, 5.74) is 4.95. The summed E-state index contributed by atoms with van der Waals surface area (Å²) in [6, 6.07) is 7.23. The van der Waals surface area contributed by atoms with Crippen molar-refractivity contribution in [1.82, 2.24) is 0 Å². The van der Waals surface area contributed by atoms with Gasteiger partial charge in [0.05, 0.1) is 5.56 Å². The van der Waals surface area contributed by atoms with E-state index in [0.29, 0.717) is 5.56 Å². The lowest BCUT2D eigenvalue weighted by Crippen LogP contribution is -2.56. The lowest BCUT2D eigenvalue weighted by molar-refractivity contribution is -0.255. The molecule has 4 N–H and O–H groups in total. The Morgan fingerprint density at radius 3 is 2.42 bits per heavy atom. The van der Waals surface area contributed by atoms with Crippen LogP contribution in [-0.2, 0) is 0 Å². The van der Waals surface area contributed by atoms with Crippen LogP contribution in [0.2, 0.25) is 0 Å². The minimum atomic E-state index is -0.147. The Bertz CT molecular complexity index is 271. The van der Waals surface area contributed by atoms with Gasteiger partial charge in [-0.25, -0.2) is 4.79 Å². The molecule has 4 heteroatoms. The molecule has 1 aromatic rings. The second kappa shape index (κ2) is 4.13. The van der Waals surface area contributed by atoms with E-state index in [1.165, 1.54) is 11.9 Å². The van der Waals surface area contributed by atoms with Crippen LogP contribution in [0, 0.1) is 0 Å². The Kier molecular flexibility index (Phi) is 3.13. The van der Waals surface area contributed by atoms with Gasteiger partial charge in [-0.3, -0.25) is 5.73 Å². The summed E-state index contributed by atoms with van der Waals surface area (Å²) in [4.78, 5) is 10.8. The highest BCUT2D eigenvalue weighted by Gasteiger charge is 2.01. The predicted octanol–water partition coefficient (Wildman–Crippen LogP) is 0.759. The number of nitrogens with one attached hydrogen (secondary N) is 1. The summed E-state index contributed by atoms with van der Waals surface area (Å²) >= 11 is 1.52. The standard InChI is InChI=1S/C8H10N2OS/c1-12-10-7-4-2-6(3-5-7)8(9)11/h2-5,10H,1H3,(H2,9,11)/p+1. The lowest BCUT2D eigenvalue weighted by Gasteiger charge is -2.00. The monoisotopic (exact) mass is 183 g/mol. The number of anilines is 1. The van der Waals surface area contributed by atoms with Gasteiger partial charge in [-0.2, -0.15) is 0 Å². The van der Waals surface area contributed by atoms with Gasteiger partial charge in [-0.05, 0) is 24.3 Å². The summed E-state index contributed by atoms with van der Waals surface area (Å²) in [6.45, 7) is 0. The van der Waals surface area contributed by atoms with Crippen molar-refractivity contribution in [3.8, 4) is 0 Å². The lowest BCUT2D eigenvalue weighted by atomic mass is 10.2. The van der Waals surface area contributed by atoms with E-state index in [-0.39, 0.29) is 5.91 Å². The van der Waals surface area contributed by atoms with Crippen LogP contribution < -0.4 is 10.5 Å². The third-order valence-electron chi connectivity index (χ3n) is 1.43. The second-order valence-electron chi connectivity index (χ2n) is 2.31. The van der Waals surface area contributed by atoms with Gasteiger partial charge in [0.2, 0.25) is 0 Å². The van der Waals surface area contributed by atoms with Gasteiger partial charge >= 0.3 is 5.91 Å². The first kappa shape index (κ1) is 9.09. The summed E-state index contributed by atoms with van der Waals surface area (Å²) in [5.74, 6) is -0.147. The molecule has 1 amide bonds. The van der Waals surface area contributed by atoms with Crippen molar-refractivity contribution in [2.24, 2.45) is 0 Å². The Morgan fingerprint density at radius 1 is 1.42 bits per heavy atom. The second-order valence-corrected chi connectivity index (χ2v) is 2.92. The number of quaternary nitrogens is 1. The van der Waals surface area contributed by atoms with E-state index >= 15 is 0 Å². The number of hydrogen-bond acceptors (Lipinski definition) is 3. The molecule has 0 aliphatic heterocycles. The molecular weight excluding hydrogens is 172 g/mol. The first-order valence-corrected chi connectivity index (χ1v) is 4.72. The highest BCUT2D eigenvalue weighted by molar-refractivity contribution is 7.99. The van der Waals surface area contributed by atoms with Crippen LogP contribution in [0.5, 0.6) is 0 Å². The first-order chi connectivity index (χ1) is 5.74. The Labute approximate surface area is 75.5 Å².